The van der Waals surface area contributed by atoms with E-state index >= 15 is 0 Å². The van der Waals surface area contributed by atoms with Gasteiger partial charge in [-0.3, -0.25) is 0 Å². The molecule has 1 heteroatoms. The Morgan fingerprint density at radius 1 is 1.40 bits per heavy atom. The van der Waals surface area contributed by atoms with E-state index in [0.717, 1.165) is 0 Å². The first-order valence-corrected chi connectivity index (χ1v) is 1.48. The number of hydrogen-bond donors (Lipinski definition) is 0. The fourth-order valence-electron chi connectivity index (χ4n) is 0.136. The maximum atomic E-state index is 2.12. The van der Waals surface area contributed by atoms with E-state index in [1.165, 1.54) is 6.42 Å². The summed E-state index contributed by atoms with van der Waals surface area (Å²) in [5.74, 6) is 0. The van der Waals surface area contributed by atoms with Crippen molar-refractivity contribution in [2.45, 2.75) is 6.42 Å². The van der Waals surface area contributed by atoms with Crippen LogP contribution < -0.4 is 0 Å². The zero-order chi connectivity index (χ0) is 2.83. The summed E-state index contributed by atoms with van der Waals surface area (Å²) in [5.41, 5.74) is 0. The van der Waals surface area contributed by atoms with Gasteiger partial charge < -0.3 is 0 Å². The summed E-state index contributed by atoms with van der Waals surface area (Å²) in [6.45, 7) is 0. The van der Waals surface area contributed by atoms with E-state index in [-0.39, 0.29) is 18.9 Å². The van der Waals surface area contributed by atoms with Crippen LogP contribution in [0.25, 0.3) is 0 Å². The van der Waals surface area contributed by atoms with Gasteiger partial charge in [-0.25, -0.2) is 0 Å². The van der Waals surface area contributed by atoms with E-state index in [0.29, 0.717) is 0 Å². The van der Waals surface area contributed by atoms with E-state index in [4.69, 9.17) is 0 Å². The Balaban J connectivity index is 0.000000160. The topological polar surface area (TPSA) is 0 Å². The van der Waals surface area contributed by atoms with Gasteiger partial charge in [0.2, 0.25) is 0 Å². The fraction of sp³-hybridized carbons (Fsp3) is 0.250. The molecule has 23 valence electrons. The van der Waals surface area contributed by atoms with Gasteiger partial charge in [0.1, 0.15) is 0 Å². The third-order valence-electron chi connectivity index (χ3n) is 0.544. The van der Waals surface area contributed by atoms with E-state index in [2.05, 4.69) is 18.6 Å². The first-order valence-electron chi connectivity index (χ1n) is 1.48. The molecule has 0 bridgehead atoms. The van der Waals surface area contributed by atoms with Gasteiger partial charge in [-0.2, -0.15) is 0 Å². The van der Waals surface area contributed by atoms with Crippen LogP contribution >= 0.6 is 0 Å². The molecule has 0 atom stereocenters. The molecule has 0 amide bonds. The molecule has 0 aromatic rings. The SMILES string of the molecule is [CH]1C=CC1.[LiH]. The monoisotopic (exact) mass is 61.1 g/mol. The van der Waals surface area contributed by atoms with Crippen LogP contribution in [0.4, 0.5) is 0 Å². The second kappa shape index (κ2) is 2.57. The second-order valence-corrected chi connectivity index (χ2v) is 0.900. The summed E-state index contributed by atoms with van der Waals surface area (Å²) >= 11 is 0. The summed E-state index contributed by atoms with van der Waals surface area (Å²) in [5, 5.41) is 0. The number of rotatable bonds is 0. The first-order chi connectivity index (χ1) is 2.00. The van der Waals surface area contributed by atoms with Crippen molar-refractivity contribution in [2.75, 3.05) is 0 Å². The van der Waals surface area contributed by atoms with E-state index < -0.39 is 0 Å². The van der Waals surface area contributed by atoms with Crippen molar-refractivity contribution < 1.29 is 0 Å². The predicted molar refractivity (Wildman–Crippen MR) is 25.2 cm³/mol. The van der Waals surface area contributed by atoms with Gasteiger partial charge in [-0.15, -0.1) is 0 Å². The first kappa shape index (κ1) is 5.34. The molecule has 0 saturated heterocycles. The van der Waals surface area contributed by atoms with Crippen molar-refractivity contribution in [3.8, 4) is 0 Å². The zero-order valence-corrected chi connectivity index (χ0v) is 2.44. The average Bonchev–Trinajstić information content (AvgIpc) is 0.722. The summed E-state index contributed by atoms with van der Waals surface area (Å²) in [4.78, 5) is 0. The molecule has 0 N–H and O–H groups in total. The van der Waals surface area contributed by atoms with Crippen LogP contribution in [0, 0.1) is 6.42 Å². The molecule has 0 nitrogen and oxygen atoms in total. The Labute approximate surface area is 44.4 Å². The van der Waals surface area contributed by atoms with Gasteiger partial charge in [0.05, 0.1) is 0 Å². The van der Waals surface area contributed by atoms with Gasteiger partial charge in [0.25, 0.3) is 0 Å². The van der Waals surface area contributed by atoms with Crippen molar-refractivity contribution in [3.63, 3.8) is 0 Å². The standard InChI is InChI=1S/C4H5.Li.H/c1-2-4-3-1;;/h1-3H,4H2;;. The molecule has 0 saturated carbocycles. The predicted octanol–water partition coefficient (Wildman–Crippen LogP) is 0.502. The van der Waals surface area contributed by atoms with Crippen LogP contribution in [0.3, 0.4) is 0 Å². The molecule has 1 aliphatic rings. The van der Waals surface area contributed by atoms with E-state index in [1.54, 1.807) is 0 Å². The summed E-state index contributed by atoms with van der Waals surface area (Å²) in [6.07, 6.45) is 7.50. The molecule has 0 fully saturated rings. The molecule has 1 rings (SSSR count). The van der Waals surface area contributed by atoms with Gasteiger partial charge in [-0.05, 0) is 12.8 Å². The van der Waals surface area contributed by atoms with Crippen molar-refractivity contribution in [1.82, 2.24) is 0 Å². The van der Waals surface area contributed by atoms with E-state index in [9.17, 15) is 0 Å². The van der Waals surface area contributed by atoms with Gasteiger partial charge >= 0.3 is 18.9 Å². The Morgan fingerprint density at radius 2 is 1.60 bits per heavy atom. The quantitative estimate of drug-likeness (QED) is 0.358. The fourth-order valence-corrected chi connectivity index (χ4v) is 0.136. The molecule has 0 unspecified atom stereocenters. The molecule has 0 aromatic carbocycles. The third-order valence-corrected chi connectivity index (χ3v) is 0.544. The summed E-state index contributed by atoms with van der Waals surface area (Å²) < 4.78 is 0. The van der Waals surface area contributed by atoms with Gasteiger partial charge in [0, 0.05) is 0 Å². The summed E-state index contributed by atoms with van der Waals surface area (Å²) in [6, 6.07) is 0. The molecule has 1 aliphatic carbocycles. The second-order valence-electron chi connectivity index (χ2n) is 0.900. The third kappa shape index (κ3) is 1.26. The van der Waals surface area contributed by atoms with Crippen molar-refractivity contribution >= 4 is 18.9 Å². The van der Waals surface area contributed by atoms with Crippen LogP contribution in [-0.4, -0.2) is 18.9 Å². The normalized spacial score (nSPS) is 16.0. The molecule has 0 spiro atoms. The minimum atomic E-state index is 0. The number of allylic oxidation sites excluding steroid dienone is 2. The zero-order valence-electron chi connectivity index (χ0n) is 2.44. The Morgan fingerprint density at radius 3 is 1.60 bits per heavy atom. The Hall–Kier alpha value is 0.337. The van der Waals surface area contributed by atoms with Crippen LogP contribution in [0.5, 0.6) is 0 Å². The van der Waals surface area contributed by atoms with Crippen LogP contribution in [0.1, 0.15) is 6.42 Å². The maximum absolute atomic E-state index is 2.12. The van der Waals surface area contributed by atoms with Crippen LogP contribution in [-0.2, 0) is 0 Å². The van der Waals surface area contributed by atoms with E-state index in [1.807, 2.05) is 0 Å². The molecule has 5 heavy (non-hydrogen) atoms. The molecular weight excluding hydrogens is 55.0 g/mol. The van der Waals surface area contributed by atoms with Crippen LogP contribution in [0.2, 0.25) is 0 Å². The van der Waals surface area contributed by atoms with Crippen molar-refractivity contribution in [1.29, 1.82) is 0 Å². The molecule has 1 radical (unpaired) electrons. The van der Waals surface area contributed by atoms with Gasteiger partial charge in [0.15, 0.2) is 0 Å². The molecule has 0 heterocycles. The minimum absolute atomic E-state index is 0. The summed E-state index contributed by atoms with van der Waals surface area (Å²) in [7, 11) is 0. The Kier molecular flexibility index (Phi) is 2.74. The molecule has 0 aliphatic heterocycles. The molecule has 0 aromatic heterocycles. The number of hydrogen-bond acceptors (Lipinski definition) is 0. The van der Waals surface area contributed by atoms with Crippen molar-refractivity contribution in [2.24, 2.45) is 0 Å². The van der Waals surface area contributed by atoms with Crippen LogP contribution in [0.15, 0.2) is 12.2 Å². The molecular formula is C4H6Li. The van der Waals surface area contributed by atoms with Gasteiger partial charge in [-0.1, -0.05) is 12.2 Å². The van der Waals surface area contributed by atoms with Crippen molar-refractivity contribution in [3.05, 3.63) is 18.6 Å². The Bertz CT molecular complexity index is 32.9. The average molecular weight is 61.0 g/mol.